The highest BCUT2D eigenvalue weighted by Crippen LogP contribution is 2.27. The van der Waals surface area contributed by atoms with Crippen molar-refractivity contribution in [1.29, 1.82) is 0 Å². The zero-order valence-corrected chi connectivity index (χ0v) is 17.3. The first-order valence-corrected chi connectivity index (χ1v) is 10.8. The minimum atomic E-state index is -3.64. The first kappa shape index (κ1) is 20.4. The first-order valence-electron chi connectivity index (χ1n) is 9.34. The molecule has 7 heteroatoms. The molecule has 2 aromatic carbocycles. The SMILES string of the molecule is COc1ccc(S(=O)(=O)N2CCC[C@@H](C(=O)Nc3c(C)cccc3C)C2)cc1. The number of ether oxygens (including phenoxy) is 1. The number of benzene rings is 2. The number of hydrogen-bond acceptors (Lipinski definition) is 4. The Hall–Kier alpha value is -2.38. The molecule has 0 bridgehead atoms. The summed E-state index contributed by atoms with van der Waals surface area (Å²) in [5.74, 6) is 0.0938. The molecule has 0 unspecified atom stereocenters. The Balaban J connectivity index is 1.75. The summed E-state index contributed by atoms with van der Waals surface area (Å²) in [6.07, 6.45) is 1.33. The Morgan fingerprint density at radius 2 is 1.75 bits per heavy atom. The molecule has 0 aromatic heterocycles. The average molecular weight is 403 g/mol. The molecule has 0 aliphatic carbocycles. The fourth-order valence-corrected chi connectivity index (χ4v) is 5.03. The lowest BCUT2D eigenvalue weighted by molar-refractivity contribution is -0.120. The third-order valence-electron chi connectivity index (χ3n) is 5.18. The van der Waals surface area contributed by atoms with Gasteiger partial charge in [0.05, 0.1) is 17.9 Å². The Morgan fingerprint density at radius 3 is 2.36 bits per heavy atom. The Kier molecular flexibility index (Phi) is 6.05. The summed E-state index contributed by atoms with van der Waals surface area (Å²) < 4.78 is 32.5. The minimum Gasteiger partial charge on any atom is -0.497 e. The van der Waals surface area contributed by atoms with Gasteiger partial charge in [-0.25, -0.2) is 8.42 Å². The van der Waals surface area contributed by atoms with E-state index in [1.54, 1.807) is 12.1 Å². The predicted molar refractivity (Wildman–Crippen MR) is 109 cm³/mol. The number of anilines is 1. The molecule has 1 heterocycles. The van der Waals surface area contributed by atoms with E-state index < -0.39 is 10.0 Å². The number of para-hydroxylation sites is 1. The molecule has 1 aliphatic heterocycles. The topological polar surface area (TPSA) is 75.7 Å². The molecule has 1 N–H and O–H groups in total. The number of nitrogens with one attached hydrogen (secondary N) is 1. The Morgan fingerprint density at radius 1 is 1.11 bits per heavy atom. The van der Waals surface area contributed by atoms with E-state index in [2.05, 4.69) is 5.32 Å². The van der Waals surface area contributed by atoms with Gasteiger partial charge < -0.3 is 10.1 Å². The summed E-state index contributed by atoms with van der Waals surface area (Å²) >= 11 is 0. The summed E-state index contributed by atoms with van der Waals surface area (Å²) in [5, 5.41) is 3.00. The number of carbonyl (C=O) groups excluding carboxylic acids is 1. The zero-order chi connectivity index (χ0) is 20.3. The maximum atomic E-state index is 13.0. The maximum Gasteiger partial charge on any atom is 0.243 e. The number of amides is 1. The summed E-state index contributed by atoms with van der Waals surface area (Å²) in [7, 11) is -2.11. The van der Waals surface area contributed by atoms with Crippen LogP contribution in [0.5, 0.6) is 5.75 Å². The zero-order valence-electron chi connectivity index (χ0n) is 16.4. The third kappa shape index (κ3) is 4.20. The van der Waals surface area contributed by atoms with Crippen LogP contribution in [0.1, 0.15) is 24.0 Å². The standard InChI is InChI=1S/C21H26N2O4S/c1-15-6-4-7-16(2)20(15)22-21(24)17-8-5-13-23(14-17)28(25,26)19-11-9-18(27-3)10-12-19/h4,6-7,9-12,17H,5,8,13-14H2,1-3H3,(H,22,24)/t17-/m1/s1. The van der Waals surface area contributed by atoms with E-state index in [1.807, 2.05) is 32.0 Å². The Labute approximate surface area is 166 Å². The van der Waals surface area contributed by atoms with Crippen LogP contribution in [0.4, 0.5) is 5.69 Å². The Bertz CT molecular complexity index is 935. The molecule has 28 heavy (non-hydrogen) atoms. The van der Waals surface area contributed by atoms with E-state index in [0.717, 1.165) is 16.8 Å². The van der Waals surface area contributed by atoms with Gasteiger partial charge in [0.25, 0.3) is 0 Å². The highest BCUT2D eigenvalue weighted by Gasteiger charge is 2.33. The molecular weight excluding hydrogens is 376 g/mol. The van der Waals surface area contributed by atoms with Gasteiger partial charge in [0.1, 0.15) is 5.75 Å². The second-order valence-electron chi connectivity index (χ2n) is 7.13. The van der Waals surface area contributed by atoms with Gasteiger partial charge in [0, 0.05) is 18.8 Å². The van der Waals surface area contributed by atoms with Crippen molar-refractivity contribution in [2.45, 2.75) is 31.6 Å². The smallest absolute Gasteiger partial charge is 0.243 e. The molecule has 6 nitrogen and oxygen atoms in total. The van der Waals surface area contributed by atoms with Crippen LogP contribution < -0.4 is 10.1 Å². The van der Waals surface area contributed by atoms with Gasteiger partial charge in [-0.2, -0.15) is 4.31 Å². The highest BCUT2D eigenvalue weighted by atomic mass is 32.2. The predicted octanol–water partition coefficient (Wildman–Crippen LogP) is 3.35. The normalized spacial score (nSPS) is 17.9. The molecule has 1 fully saturated rings. The average Bonchev–Trinajstić information content (AvgIpc) is 2.71. The van der Waals surface area contributed by atoms with Crippen LogP contribution in [0.3, 0.4) is 0 Å². The van der Waals surface area contributed by atoms with Crippen LogP contribution in [-0.2, 0) is 14.8 Å². The number of rotatable bonds is 5. The van der Waals surface area contributed by atoms with Crippen molar-refractivity contribution in [1.82, 2.24) is 4.31 Å². The van der Waals surface area contributed by atoms with E-state index >= 15 is 0 Å². The molecule has 1 saturated heterocycles. The number of hydrogen-bond donors (Lipinski definition) is 1. The van der Waals surface area contributed by atoms with Gasteiger partial charge in [-0.3, -0.25) is 4.79 Å². The fraction of sp³-hybridized carbons (Fsp3) is 0.381. The lowest BCUT2D eigenvalue weighted by atomic mass is 9.98. The molecule has 0 saturated carbocycles. The van der Waals surface area contributed by atoms with Crippen LogP contribution in [-0.4, -0.2) is 38.8 Å². The van der Waals surface area contributed by atoms with Crippen LogP contribution in [0.15, 0.2) is 47.4 Å². The lowest BCUT2D eigenvalue weighted by Crippen LogP contribution is -2.43. The summed E-state index contributed by atoms with van der Waals surface area (Å²) in [6, 6.07) is 12.2. The van der Waals surface area contributed by atoms with E-state index in [9.17, 15) is 13.2 Å². The van der Waals surface area contributed by atoms with Gasteiger partial charge >= 0.3 is 0 Å². The van der Waals surface area contributed by atoms with E-state index in [-0.39, 0.29) is 23.3 Å². The number of nitrogens with zero attached hydrogens (tertiary/aromatic N) is 1. The van der Waals surface area contributed by atoms with Crippen molar-refractivity contribution >= 4 is 21.6 Å². The van der Waals surface area contributed by atoms with Crippen molar-refractivity contribution in [2.24, 2.45) is 5.92 Å². The number of methoxy groups -OCH3 is 1. The van der Waals surface area contributed by atoms with Gasteiger partial charge in [-0.05, 0) is 62.1 Å². The second kappa shape index (κ2) is 8.32. The van der Waals surface area contributed by atoms with Crippen LogP contribution in [0.25, 0.3) is 0 Å². The second-order valence-corrected chi connectivity index (χ2v) is 9.07. The van der Waals surface area contributed by atoms with Crippen molar-refractivity contribution in [3.63, 3.8) is 0 Å². The van der Waals surface area contributed by atoms with Crippen molar-refractivity contribution in [2.75, 3.05) is 25.5 Å². The van der Waals surface area contributed by atoms with Crippen molar-refractivity contribution in [3.8, 4) is 5.75 Å². The largest absolute Gasteiger partial charge is 0.497 e. The molecule has 1 atom stereocenters. The maximum absolute atomic E-state index is 13.0. The van der Waals surface area contributed by atoms with Crippen molar-refractivity contribution < 1.29 is 17.9 Å². The highest BCUT2D eigenvalue weighted by molar-refractivity contribution is 7.89. The summed E-state index contributed by atoms with van der Waals surface area (Å²) in [6.45, 7) is 4.50. The van der Waals surface area contributed by atoms with E-state index in [0.29, 0.717) is 25.1 Å². The molecule has 3 rings (SSSR count). The van der Waals surface area contributed by atoms with Crippen LogP contribution in [0.2, 0.25) is 0 Å². The van der Waals surface area contributed by atoms with Gasteiger partial charge in [0.15, 0.2) is 0 Å². The molecule has 0 spiro atoms. The molecular formula is C21H26N2O4S. The number of carbonyl (C=O) groups is 1. The third-order valence-corrected chi connectivity index (χ3v) is 7.06. The number of piperidine rings is 1. The molecule has 1 aliphatic rings. The van der Waals surface area contributed by atoms with E-state index in [1.165, 1.54) is 23.5 Å². The van der Waals surface area contributed by atoms with Gasteiger partial charge in [-0.1, -0.05) is 18.2 Å². The quantitative estimate of drug-likeness (QED) is 0.832. The monoisotopic (exact) mass is 402 g/mol. The minimum absolute atomic E-state index is 0.132. The van der Waals surface area contributed by atoms with E-state index in [4.69, 9.17) is 4.74 Å². The first-order chi connectivity index (χ1) is 13.3. The summed E-state index contributed by atoms with van der Waals surface area (Å²) in [4.78, 5) is 13.0. The van der Waals surface area contributed by atoms with Crippen LogP contribution >= 0.6 is 0 Å². The molecule has 0 radical (unpaired) electrons. The lowest BCUT2D eigenvalue weighted by Gasteiger charge is -2.31. The number of sulfonamides is 1. The van der Waals surface area contributed by atoms with Gasteiger partial charge in [-0.15, -0.1) is 0 Å². The van der Waals surface area contributed by atoms with Crippen LogP contribution in [0, 0.1) is 19.8 Å². The molecule has 150 valence electrons. The fourth-order valence-electron chi connectivity index (χ4n) is 3.51. The molecule has 1 amide bonds. The van der Waals surface area contributed by atoms with Crippen molar-refractivity contribution in [3.05, 3.63) is 53.6 Å². The molecule has 2 aromatic rings. The number of aryl methyl sites for hydroxylation is 2. The van der Waals surface area contributed by atoms with Gasteiger partial charge in [0.2, 0.25) is 15.9 Å². The summed E-state index contributed by atoms with van der Waals surface area (Å²) in [5.41, 5.74) is 2.79.